The van der Waals surface area contributed by atoms with Gasteiger partial charge in [0, 0.05) is 16.5 Å². The molecule has 0 aromatic heterocycles. The van der Waals surface area contributed by atoms with E-state index in [1.54, 1.807) is 31.2 Å². The molecule has 26 heavy (non-hydrogen) atoms. The van der Waals surface area contributed by atoms with Crippen LogP contribution in [0.15, 0.2) is 57.9 Å². The molecule has 0 fully saturated rings. The number of hydrogen-bond acceptors (Lipinski definition) is 5. The highest BCUT2D eigenvalue weighted by molar-refractivity contribution is 9.10. The number of hydrogen-bond donors (Lipinski definition) is 1. The molecule has 0 amide bonds. The van der Waals surface area contributed by atoms with Crippen molar-refractivity contribution in [1.82, 2.24) is 4.72 Å². The number of Topliss-reactive ketones (excluding diaryl/α,β-unsaturated/α-hetero) is 1. The Morgan fingerprint density at radius 3 is 2.42 bits per heavy atom. The lowest BCUT2D eigenvalue weighted by molar-refractivity contribution is -0.387. The molecule has 0 heterocycles. The zero-order valence-corrected chi connectivity index (χ0v) is 16.5. The lowest BCUT2D eigenvalue weighted by Gasteiger charge is -2.24. The molecule has 2 atom stereocenters. The van der Waals surface area contributed by atoms with E-state index >= 15 is 0 Å². The minimum atomic E-state index is -4.23. The largest absolute Gasteiger partial charge is 0.300 e. The first-order valence-corrected chi connectivity index (χ1v) is 9.93. The fraction of sp³-hybridized carbons (Fsp3) is 0.235. The third-order valence-corrected chi connectivity index (χ3v) is 5.96. The van der Waals surface area contributed by atoms with Crippen LogP contribution in [-0.2, 0) is 14.8 Å². The van der Waals surface area contributed by atoms with Gasteiger partial charge in [0.15, 0.2) is 4.90 Å². The van der Waals surface area contributed by atoms with Gasteiger partial charge in [-0.15, -0.1) is 0 Å². The summed E-state index contributed by atoms with van der Waals surface area (Å²) in [6.45, 7) is 2.98. The molecule has 0 radical (unpaired) electrons. The van der Waals surface area contributed by atoms with Crippen LogP contribution in [0.25, 0.3) is 0 Å². The van der Waals surface area contributed by atoms with Gasteiger partial charge in [-0.05, 0) is 30.7 Å². The van der Waals surface area contributed by atoms with Crippen LogP contribution >= 0.6 is 15.9 Å². The van der Waals surface area contributed by atoms with E-state index in [0.29, 0.717) is 5.56 Å². The van der Waals surface area contributed by atoms with Crippen LogP contribution in [0.5, 0.6) is 0 Å². The van der Waals surface area contributed by atoms with E-state index in [2.05, 4.69) is 20.7 Å². The fourth-order valence-electron chi connectivity index (χ4n) is 2.46. The number of para-hydroxylation sites is 1. The smallest absolute Gasteiger partial charge is 0.289 e. The molecule has 0 saturated carbocycles. The Bertz CT molecular complexity index is 946. The molecule has 0 aliphatic heterocycles. The van der Waals surface area contributed by atoms with Gasteiger partial charge in [0.05, 0.1) is 11.0 Å². The average Bonchev–Trinajstić information content (AvgIpc) is 2.59. The van der Waals surface area contributed by atoms with Crippen LogP contribution < -0.4 is 4.72 Å². The molecular formula is C17H17BrN2O5S. The maximum Gasteiger partial charge on any atom is 0.289 e. The molecule has 2 aromatic rings. The Labute approximate surface area is 159 Å². The molecule has 138 valence electrons. The van der Waals surface area contributed by atoms with Crippen LogP contribution in [0, 0.1) is 16.0 Å². The number of nitro benzene ring substituents is 1. The molecule has 0 saturated heterocycles. The third kappa shape index (κ3) is 4.54. The molecule has 0 bridgehead atoms. The quantitative estimate of drug-likeness (QED) is 0.522. The van der Waals surface area contributed by atoms with E-state index in [0.717, 1.165) is 16.6 Å². The predicted octanol–water partition coefficient (Wildman–Crippen LogP) is 3.60. The average molecular weight is 441 g/mol. The van der Waals surface area contributed by atoms with Gasteiger partial charge in [-0.25, -0.2) is 13.1 Å². The zero-order valence-electron chi connectivity index (χ0n) is 14.0. The number of carbonyl (C=O) groups is 1. The first kappa shape index (κ1) is 20.2. The number of carbonyl (C=O) groups excluding carboxylic acids is 1. The second-order valence-corrected chi connectivity index (χ2v) is 8.38. The van der Waals surface area contributed by atoms with Crippen LogP contribution in [0.3, 0.4) is 0 Å². The summed E-state index contributed by atoms with van der Waals surface area (Å²) in [6, 6.07) is 11.1. The Balaban J connectivity index is 2.51. The Morgan fingerprint density at radius 2 is 1.85 bits per heavy atom. The summed E-state index contributed by atoms with van der Waals surface area (Å²) in [4.78, 5) is 21.9. The predicted molar refractivity (Wildman–Crippen MR) is 100 cm³/mol. The number of nitrogens with zero attached hydrogens (tertiary/aromatic N) is 1. The first-order valence-electron chi connectivity index (χ1n) is 7.65. The van der Waals surface area contributed by atoms with E-state index in [-0.39, 0.29) is 5.78 Å². The van der Waals surface area contributed by atoms with Gasteiger partial charge in [-0.3, -0.25) is 14.9 Å². The number of benzene rings is 2. The zero-order chi connectivity index (χ0) is 19.5. The SMILES string of the molecule is CC(=O)[C@H](C)[C@@H](NS(=O)(=O)c1ccccc1[N+](=O)[O-])c1cccc(Br)c1. The standard InChI is InChI=1S/C17H17BrN2O5S/c1-11(12(2)21)17(13-6-5-7-14(18)10-13)19-26(24,25)16-9-4-3-8-15(16)20(22)23/h3-11,17,19H,1-2H3/t11-,17+/m0/s1. The minimum absolute atomic E-state index is 0.208. The molecule has 1 N–H and O–H groups in total. The molecule has 0 aliphatic carbocycles. The highest BCUT2D eigenvalue weighted by Crippen LogP contribution is 2.29. The topological polar surface area (TPSA) is 106 Å². The van der Waals surface area contributed by atoms with Gasteiger partial charge in [0.2, 0.25) is 10.0 Å². The maximum atomic E-state index is 12.8. The molecule has 2 rings (SSSR count). The number of nitro groups is 1. The number of ketones is 1. The summed E-state index contributed by atoms with van der Waals surface area (Å²) >= 11 is 3.32. The molecule has 0 aliphatic rings. The lowest BCUT2D eigenvalue weighted by atomic mass is 9.93. The van der Waals surface area contributed by atoms with Crippen molar-refractivity contribution in [2.75, 3.05) is 0 Å². The summed E-state index contributed by atoms with van der Waals surface area (Å²) < 4.78 is 28.8. The highest BCUT2D eigenvalue weighted by Gasteiger charge is 2.32. The number of halogens is 1. The van der Waals surface area contributed by atoms with Crippen molar-refractivity contribution in [2.45, 2.75) is 24.8 Å². The fourth-order valence-corrected chi connectivity index (χ4v) is 4.35. The van der Waals surface area contributed by atoms with E-state index in [4.69, 9.17) is 0 Å². The molecule has 9 heteroatoms. The van der Waals surface area contributed by atoms with E-state index in [9.17, 15) is 23.3 Å². The van der Waals surface area contributed by atoms with E-state index in [1.807, 2.05) is 0 Å². The summed E-state index contributed by atoms with van der Waals surface area (Å²) in [5, 5.41) is 11.2. The van der Waals surface area contributed by atoms with Crippen LogP contribution in [0.1, 0.15) is 25.5 Å². The van der Waals surface area contributed by atoms with Gasteiger partial charge in [0.25, 0.3) is 5.69 Å². The first-order chi connectivity index (χ1) is 12.1. The van der Waals surface area contributed by atoms with Gasteiger partial charge < -0.3 is 0 Å². The summed E-state index contributed by atoms with van der Waals surface area (Å²) in [7, 11) is -4.23. The van der Waals surface area contributed by atoms with Crippen molar-refractivity contribution in [1.29, 1.82) is 0 Å². The second-order valence-electron chi connectivity index (χ2n) is 5.78. The van der Waals surface area contributed by atoms with Crippen molar-refractivity contribution in [3.63, 3.8) is 0 Å². The van der Waals surface area contributed by atoms with Crippen LogP contribution in [0.2, 0.25) is 0 Å². The van der Waals surface area contributed by atoms with Crippen molar-refractivity contribution in [2.24, 2.45) is 5.92 Å². The summed E-state index contributed by atoms with van der Waals surface area (Å²) in [5.41, 5.74) is 0.0488. The summed E-state index contributed by atoms with van der Waals surface area (Å²) in [5.74, 6) is -0.873. The van der Waals surface area contributed by atoms with Crippen molar-refractivity contribution in [3.05, 3.63) is 68.7 Å². The van der Waals surface area contributed by atoms with Crippen molar-refractivity contribution < 1.29 is 18.1 Å². The van der Waals surface area contributed by atoms with E-state index in [1.165, 1.54) is 19.1 Å². The molecule has 0 unspecified atom stereocenters. The number of sulfonamides is 1. The minimum Gasteiger partial charge on any atom is -0.300 e. The van der Waals surface area contributed by atoms with Crippen LogP contribution in [0.4, 0.5) is 5.69 Å². The lowest BCUT2D eigenvalue weighted by Crippen LogP contribution is -2.35. The molecule has 0 spiro atoms. The number of nitrogens with one attached hydrogen (secondary N) is 1. The van der Waals surface area contributed by atoms with Gasteiger partial charge in [0.1, 0.15) is 5.78 Å². The molecule has 2 aromatic carbocycles. The van der Waals surface area contributed by atoms with Crippen LogP contribution in [-0.4, -0.2) is 19.1 Å². The Hall–Kier alpha value is -2.10. The number of rotatable bonds is 7. The Kier molecular flexibility index (Phi) is 6.27. The van der Waals surface area contributed by atoms with E-state index < -0.39 is 37.5 Å². The summed E-state index contributed by atoms with van der Waals surface area (Å²) in [6.07, 6.45) is 0. The normalized spacial score (nSPS) is 13.8. The third-order valence-electron chi connectivity index (χ3n) is 3.98. The highest BCUT2D eigenvalue weighted by atomic mass is 79.9. The molecule has 7 nitrogen and oxygen atoms in total. The molecular weight excluding hydrogens is 424 g/mol. The van der Waals surface area contributed by atoms with Crippen molar-refractivity contribution >= 4 is 37.4 Å². The van der Waals surface area contributed by atoms with Gasteiger partial charge in [-0.1, -0.05) is 47.1 Å². The van der Waals surface area contributed by atoms with Crippen molar-refractivity contribution in [3.8, 4) is 0 Å². The second kappa shape index (κ2) is 8.07. The Morgan fingerprint density at radius 1 is 1.19 bits per heavy atom. The van der Waals surface area contributed by atoms with Gasteiger partial charge in [-0.2, -0.15) is 0 Å². The maximum absolute atomic E-state index is 12.8. The monoisotopic (exact) mass is 440 g/mol. The van der Waals surface area contributed by atoms with Gasteiger partial charge >= 0.3 is 0 Å².